The number of pyridine rings is 1. The first-order chi connectivity index (χ1) is 9.39. The molecule has 0 bridgehead atoms. The molecule has 102 valence electrons. The van der Waals surface area contributed by atoms with Gasteiger partial charge in [0.25, 0.3) is 5.56 Å². The van der Waals surface area contributed by atoms with Crippen LogP contribution in [0.5, 0.6) is 0 Å². The van der Waals surface area contributed by atoms with Crippen molar-refractivity contribution in [2.75, 3.05) is 0 Å². The van der Waals surface area contributed by atoms with Crippen LogP contribution in [-0.4, -0.2) is 4.57 Å². The van der Waals surface area contributed by atoms with Gasteiger partial charge in [-0.3, -0.25) is 4.79 Å². The third-order valence-corrected chi connectivity index (χ3v) is 3.98. The molecule has 0 aliphatic rings. The molecule has 0 aliphatic carbocycles. The molecule has 0 saturated carbocycles. The Morgan fingerprint density at radius 2 is 1.55 bits per heavy atom. The van der Waals surface area contributed by atoms with Crippen molar-refractivity contribution in [3.63, 3.8) is 0 Å². The van der Waals surface area contributed by atoms with E-state index in [0.29, 0.717) is 0 Å². The summed E-state index contributed by atoms with van der Waals surface area (Å²) >= 11 is 0. The van der Waals surface area contributed by atoms with Crippen molar-refractivity contribution in [3.05, 3.63) is 58.4 Å². The zero-order valence-electron chi connectivity index (χ0n) is 12.4. The summed E-state index contributed by atoms with van der Waals surface area (Å²) in [6.07, 6.45) is 0. The van der Waals surface area contributed by atoms with E-state index in [1.165, 1.54) is 5.56 Å². The summed E-state index contributed by atoms with van der Waals surface area (Å²) in [5.41, 5.74) is 2.44. The summed E-state index contributed by atoms with van der Waals surface area (Å²) in [7, 11) is 1.84. The number of aromatic nitrogens is 1. The van der Waals surface area contributed by atoms with E-state index >= 15 is 0 Å². The van der Waals surface area contributed by atoms with Gasteiger partial charge in [-0.2, -0.15) is 0 Å². The molecule has 1 aromatic heterocycles. The van der Waals surface area contributed by atoms with E-state index in [9.17, 15) is 4.79 Å². The number of benzene rings is 2. The number of hydrogen-bond donors (Lipinski definition) is 0. The SMILES string of the molecule is Cn1c(=O)c2ccccc2c2cc(C(C)(C)C)ccc21. The summed E-state index contributed by atoms with van der Waals surface area (Å²) in [5, 5.41) is 2.97. The molecule has 0 aliphatic heterocycles. The lowest BCUT2D eigenvalue weighted by molar-refractivity contribution is 0.591. The Labute approximate surface area is 118 Å². The second-order valence-corrected chi connectivity index (χ2v) is 6.39. The fourth-order valence-corrected chi connectivity index (χ4v) is 2.71. The van der Waals surface area contributed by atoms with Crippen LogP contribution < -0.4 is 5.56 Å². The Morgan fingerprint density at radius 1 is 0.900 bits per heavy atom. The standard InChI is InChI=1S/C18H19NO/c1-18(2,3)12-9-10-16-15(11-12)13-7-5-6-8-14(13)17(20)19(16)4/h5-11H,1-4H3. The van der Waals surface area contributed by atoms with Crippen LogP contribution in [0.2, 0.25) is 0 Å². The van der Waals surface area contributed by atoms with Crippen molar-refractivity contribution >= 4 is 21.7 Å². The highest BCUT2D eigenvalue weighted by atomic mass is 16.1. The van der Waals surface area contributed by atoms with Crippen molar-refractivity contribution in [2.45, 2.75) is 26.2 Å². The van der Waals surface area contributed by atoms with Gasteiger partial charge < -0.3 is 4.57 Å². The Kier molecular flexibility index (Phi) is 2.72. The summed E-state index contributed by atoms with van der Waals surface area (Å²) in [5.74, 6) is 0. The highest BCUT2D eigenvalue weighted by molar-refractivity contribution is 6.05. The molecule has 20 heavy (non-hydrogen) atoms. The van der Waals surface area contributed by atoms with E-state index in [1.54, 1.807) is 4.57 Å². The largest absolute Gasteiger partial charge is 0.311 e. The van der Waals surface area contributed by atoms with Gasteiger partial charge in [-0.15, -0.1) is 0 Å². The summed E-state index contributed by atoms with van der Waals surface area (Å²) in [4.78, 5) is 12.4. The molecule has 0 N–H and O–H groups in total. The molecule has 2 aromatic carbocycles. The molecule has 0 fully saturated rings. The number of nitrogens with zero attached hydrogens (tertiary/aromatic N) is 1. The number of fused-ring (bicyclic) bond motifs is 3. The van der Waals surface area contributed by atoms with E-state index in [2.05, 4.69) is 39.0 Å². The number of aryl methyl sites for hydroxylation is 1. The smallest absolute Gasteiger partial charge is 0.258 e. The van der Waals surface area contributed by atoms with Crippen molar-refractivity contribution in [2.24, 2.45) is 7.05 Å². The topological polar surface area (TPSA) is 22.0 Å². The quantitative estimate of drug-likeness (QED) is 0.563. The Morgan fingerprint density at radius 3 is 2.20 bits per heavy atom. The lowest BCUT2D eigenvalue weighted by Crippen LogP contribution is -2.18. The van der Waals surface area contributed by atoms with Crippen molar-refractivity contribution in [1.29, 1.82) is 0 Å². The molecule has 0 unspecified atom stereocenters. The second-order valence-electron chi connectivity index (χ2n) is 6.39. The molecule has 0 atom stereocenters. The summed E-state index contributed by atoms with van der Waals surface area (Å²) in [6, 6.07) is 14.2. The zero-order chi connectivity index (χ0) is 14.5. The van der Waals surface area contributed by atoms with Gasteiger partial charge in [-0.25, -0.2) is 0 Å². The fourth-order valence-electron chi connectivity index (χ4n) is 2.71. The van der Waals surface area contributed by atoms with Crippen LogP contribution in [0.3, 0.4) is 0 Å². The van der Waals surface area contributed by atoms with Crippen LogP contribution >= 0.6 is 0 Å². The predicted octanol–water partition coefficient (Wildman–Crippen LogP) is 3.99. The average Bonchev–Trinajstić information content (AvgIpc) is 2.43. The Balaban J connectivity index is 2.54. The highest BCUT2D eigenvalue weighted by Crippen LogP contribution is 2.29. The van der Waals surface area contributed by atoms with E-state index in [4.69, 9.17) is 0 Å². The first-order valence-corrected chi connectivity index (χ1v) is 6.91. The third-order valence-electron chi connectivity index (χ3n) is 3.98. The van der Waals surface area contributed by atoms with Gasteiger partial charge in [0.2, 0.25) is 0 Å². The Bertz CT molecular complexity index is 866. The van der Waals surface area contributed by atoms with Crippen molar-refractivity contribution in [3.8, 4) is 0 Å². The van der Waals surface area contributed by atoms with Gasteiger partial charge in [0, 0.05) is 17.8 Å². The third kappa shape index (κ3) is 1.83. The minimum Gasteiger partial charge on any atom is -0.311 e. The maximum absolute atomic E-state index is 12.4. The van der Waals surface area contributed by atoms with Crippen LogP contribution in [0.4, 0.5) is 0 Å². The van der Waals surface area contributed by atoms with Gasteiger partial charge >= 0.3 is 0 Å². The van der Waals surface area contributed by atoms with Crippen LogP contribution in [0, 0.1) is 0 Å². The van der Waals surface area contributed by atoms with Gasteiger partial charge in [0.05, 0.1) is 5.52 Å². The lowest BCUT2D eigenvalue weighted by Gasteiger charge is -2.20. The predicted molar refractivity (Wildman–Crippen MR) is 85.4 cm³/mol. The van der Waals surface area contributed by atoms with Gasteiger partial charge in [-0.1, -0.05) is 45.0 Å². The number of rotatable bonds is 0. The number of hydrogen-bond acceptors (Lipinski definition) is 1. The highest BCUT2D eigenvalue weighted by Gasteiger charge is 2.15. The minimum atomic E-state index is 0.0663. The van der Waals surface area contributed by atoms with Crippen LogP contribution in [0.15, 0.2) is 47.3 Å². The van der Waals surface area contributed by atoms with E-state index in [0.717, 1.165) is 21.7 Å². The lowest BCUT2D eigenvalue weighted by atomic mass is 9.86. The molecule has 3 rings (SSSR count). The molecule has 3 aromatic rings. The summed E-state index contributed by atoms with van der Waals surface area (Å²) < 4.78 is 1.74. The van der Waals surface area contributed by atoms with E-state index in [-0.39, 0.29) is 11.0 Å². The van der Waals surface area contributed by atoms with Crippen LogP contribution in [-0.2, 0) is 12.5 Å². The Hall–Kier alpha value is -2.09. The first-order valence-electron chi connectivity index (χ1n) is 6.91. The maximum Gasteiger partial charge on any atom is 0.258 e. The molecule has 2 heteroatoms. The van der Waals surface area contributed by atoms with Gasteiger partial charge in [-0.05, 0) is 34.6 Å². The van der Waals surface area contributed by atoms with Crippen molar-refractivity contribution in [1.82, 2.24) is 4.57 Å². The monoisotopic (exact) mass is 265 g/mol. The zero-order valence-corrected chi connectivity index (χ0v) is 12.4. The molecule has 0 amide bonds. The fraction of sp³-hybridized carbons (Fsp3) is 0.278. The van der Waals surface area contributed by atoms with E-state index in [1.807, 2.05) is 31.3 Å². The second kappa shape index (κ2) is 4.20. The molecule has 0 radical (unpaired) electrons. The molecule has 0 saturated heterocycles. The van der Waals surface area contributed by atoms with Gasteiger partial charge in [0.15, 0.2) is 0 Å². The molecular formula is C18H19NO. The summed E-state index contributed by atoms with van der Waals surface area (Å²) in [6.45, 7) is 6.62. The van der Waals surface area contributed by atoms with Crippen LogP contribution in [0.25, 0.3) is 21.7 Å². The normalized spacial score (nSPS) is 12.2. The van der Waals surface area contributed by atoms with Crippen molar-refractivity contribution < 1.29 is 0 Å². The van der Waals surface area contributed by atoms with Crippen LogP contribution in [0.1, 0.15) is 26.3 Å². The maximum atomic E-state index is 12.4. The molecule has 1 heterocycles. The van der Waals surface area contributed by atoms with E-state index < -0.39 is 0 Å². The molecule has 0 spiro atoms. The minimum absolute atomic E-state index is 0.0663. The van der Waals surface area contributed by atoms with Gasteiger partial charge in [0.1, 0.15) is 0 Å². The average molecular weight is 265 g/mol. The first kappa shape index (κ1) is 12.9. The molecular weight excluding hydrogens is 246 g/mol. The molecule has 2 nitrogen and oxygen atoms in total.